The van der Waals surface area contributed by atoms with Crippen LogP contribution in [0.4, 0.5) is 20.2 Å². The van der Waals surface area contributed by atoms with Crippen molar-refractivity contribution in [3.05, 3.63) is 94.0 Å². The Kier molecular flexibility index (Phi) is 5.50. The first-order valence-electron chi connectivity index (χ1n) is 9.40. The third kappa shape index (κ3) is 3.91. The molecule has 3 aromatic carbocycles. The first kappa shape index (κ1) is 20.0. The highest BCUT2D eigenvalue weighted by atomic mass is 35.5. The summed E-state index contributed by atoms with van der Waals surface area (Å²) >= 11 is 5.90. The molecule has 7 heteroatoms. The van der Waals surface area contributed by atoms with Crippen LogP contribution in [0.3, 0.4) is 0 Å². The van der Waals surface area contributed by atoms with Crippen molar-refractivity contribution in [1.82, 2.24) is 0 Å². The van der Waals surface area contributed by atoms with E-state index in [1.165, 1.54) is 6.07 Å². The van der Waals surface area contributed by atoms with E-state index in [0.29, 0.717) is 23.6 Å². The van der Waals surface area contributed by atoms with Gasteiger partial charge in [-0.25, -0.2) is 8.78 Å². The number of nitrogens with one attached hydrogen (secondary N) is 1. The van der Waals surface area contributed by atoms with Gasteiger partial charge in [-0.1, -0.05) is 17.7 Å². The molecule has 1 aliphatic heterocycles. The maximum absolute atomic E-state index is 13.8. The number of aryl methyl sites for hydroxylation is 1. The number of carbonyl (C=O) groups excluding carboxylic acids is 2. The average Bonchev–Trinajstić information content (AvgIpc) is 2.75. The molecule has 0 unspecified atom stereocenters. The smallest absolute Gasteiger partial charge is 0.258 e. The van der Waals surface area contributed by atoms with E-state index in [9.17, 15) is 18.4 Å². The van der Waals surface area contributed by atoms with Gasteiger partial charge in [-0.3, -0.25) is 9.59 Å². The molecule has 1 heterocycles. The number of benzene rings is 3. The molecule has 0 spiro atoms. The fourth-order valence-corrected chi connectivity index (χ4v) is 3.63. The van der Waals surface area contributed by atoms with Crippen LogP contribution in [0.1, 0.15) is 32.7 Å². The highest BCUT2D eigenvalue weighted by Crippen LogP contribution is 2.30. The Balaban J connectivity index is 1.59. The van der Waals surface area contributed by atoms with Crippen molar-refractivity contribution < 1.29 is 18.4 Å². The molecule has 152 valence electrons. The molecular formula is C23H17ClF2N2O2. The number of para-hydroxylation sites is 1. The molecule has 4 rings (SSSR count). The topological polar surface area (TPSA) is 49.4 Å². The second kappa shape index (κ2) is 8.24. The molecule has 3 aromatic rings. The molecule has 0 saturated heterocycles. The predicted octanol–water partition coefficient (Wildman–Crippen LogP) is 5.46. The first-order chi connectivity index (χ1) is 14.4. The summed E-state index contributed by atoms with van der Waals surface area (Å²) in [5.74, 6) is -2.47. The van der Waals surface area contributed by atoms with Crippen LogP contribution in [0.15, 0.2) is 60.7 Å². The highest BCUT2D eigenvalue weighted by molar-refractivity contribution is 6.30. The van der Waals surface area contributed by atoms with E-state index in [1.807, 2.05) is 0 Å². The van der Waals surface area contributed by atoms with Gasteiger partial charge in [0.2, 0.25) is 0 Å². The van der Waals surface area contributed by atoms with Gasteiger partial charge in [0.25, 0.3) is 11.8 Å². The predicted molar refractivity (Wildman–Crippen MR) is 112 cm³/mol. The fraction of sp³-hybridized carbons (Fsp3) is 0.130. The Morgan fingerprint density at radius 3 is 2.30 bits per heavy atom. The number of fused-ring (bicyclic) bond motifs is 1. The molecule has 0 aliphatic carbocycles. The standard InChI is InChI=1S/C23H17ClF2N2O2/c24-17-9-6-14(7-10-17)23(30)28-12-2-3-15-13-16(8-11-20(15)28)22(29)27-21-18(25)4-1-5-19(21)26/h1,4-11,13H,2-3,12H2,(H,27,29). The molecule has 1 aliphatic rings. The molecule has 0 fully saturated rings. The van der Waals surface area contributed by atoms with Crippen LogP contribution in [0.5, 0.6) is 0 Å². The summed E-state index contributed by atoms with van der Waals surface area (Å²) in [6, 6.07) is 14.9. The van der Waals surface area contributed by atoms with E-state index in [1.54, 1.807) is 47.4 Å². The first-order valence-corrected chi connectivity index (χ1v) is 9.77. The second-order valence-corrected chi connectivity index (χ2v) is 7.40. The van der Waals surface area contributed by atoms with Crippen molar-refractivity contribution in [3.63, 3.8) is 0 Å². The number of rotatable bonds is 3. The summed E-state index contributed by atoms with van der Waals surface area (Å²) in [6.45, 7) is 0.556. The highest BCUT2D eigenvalue weighted by Gasteiger charge is 2.25. The van der Waals surface area contributed by atoms with Gasteiger partial charge < -0.3 is 10.2 Å². The minimum atomic E-state index is -0.846. The quantitative estimate of drug-likeness (QED) is 0.604. The Bertz CT molecular complexity index is 1110. The minimum Gasteiger partial charge on any atom is -0.317 e. The molecule has 0 radical (unpaired) electrons. The molecule has 0 aromatic heterocycles. The number of hydrogen-bond donors (Lipinski definition) is 1. The van der Waals surface area contributed by atoms with Crippen LogP contribution in [-0.2, 0) is 6.42 Å². The van der Waals surface area contributed by atoms with Gasteiger partial charge in [-0.15, -0.1) is 0 Å². The van der Waals surface area contributed by atoms with Crippen LogP contribution in [0.2, 0.25) is 5.02 Å². The van der Waals surface area contributed by atoms with E-state index < -0.39 is 23.2 Å². The summed E-state index contributed by atoms with van der Waals surface area (Å²) in [5.41, 5.74) is 1.83. The van der Waals surface area contributed by atoms with Gasteiger partial charge in [0, 0.05) is 28.4 Å². The molecule has 0 bridgehead atoms. The lowest BCUT2D eigenvalue weighted by Gasteiger charge is -2.30. The van der Waals surface area contributed by atoms with E-state index in [-0.39, 0.29) is 11.5 Å². The van der Waals surface area contributed by atoms with Crippen LogP contribution in [0.25, 0.3) is 0 Å². The number of nitrogens with zero attached hydrogens (tertiary/aromatic N) is 1. The zero-order chi connectivity index (χ0) is 21.3. The third-order valence-corrected chi connectivity index (χ3v) is 5.25. The third-order valence-electron chi connectivity index (χ3n) is 5.00. The van der Waals surface area contributed by atoms with E-state index >= 15 is 0 Å². The summed E-state index contributed by atoms with van der Waals surface area (Å²) in [5, 5.41) is 2.83. The van der Waals surface area contributed by atoms with E-state index in [2.05, 4.69) is 5.32 Å². The van der Waals surface area contributed by atoms with E-state index in [0.717, 1.165) is 29.8 Å². The zero-order valence-corrected chi connectivity index (χ0v) is 16.5. The zero-order valence-electron chi connectivity index (χ0n) is 15.8. The molecule has 2 amide bonds. The Hall–Kier alpha value is -3.25. The van der Waals surface area contributed by atoms with Crippen molar-refractivity contribution in [2.75, 3.05) is 16.8 Å². The average molecular weight is 427 g/mol. The number of halogens is 3. The summed E-state index contributed by atoms with van der Waals surface area (Å²) in [6.07, 6.45) is 1.42. The van der Waals surface area contributed by atoms with Crippen LogP contribution in [-0.4, -0.2) is 18.4 Å². The molecular weight excluding hydrogens is 410 g/mol. The van der Waals surface area contributed by atoms with Gasteiger partial charge in [0.15, 0.2) is 0 Å². The summed E-state index contributed by atoms with van der Waals surface area (Å²) < 4.78 is 27.6. The number of anilines is 2. The molecule has 1 N–H and O–H groups in total. The minimum absolute atomic E-state index is 0.154. The second-order valence-electron chi connectivity index (χ2n) is 6.96. The Morgan fingerprint density at radius 1 is 0.933 bits per heavy atom. The molecule has 4 nitrogen and oxygen atoms in total. The van der Waals surface area contributed by atoms with Crippen molar-refractivity contribution in [2.24, 2.45) is 0 Å². The lowest BCUT2D eigenvalue weighted by Crippen LogP contribution is -2.35. The van der Waals surface area contributed by atoms with Gasteiger partial charge in [-0.05, 0) is 73.0 Å². The van der Waals surface area contributed by atoms with Crippen LogP contribution in [0, 0.1) is 11.6 Å². The Morgan fingerprint density at radius 2 is 1.60 bits per heavy atom. The van der Waals surface area contributed by atoms with Gasteiger partial charge in [-0.2, -0.15) is 0 Å². The number of amides is 2. The van der Waals surface area contributed by atoms with Crippen molar-refractivity contribution in [1.29, 1.82) is 0 Å². The van der Waals surface area contributed by atoms with Gasteiger partial charge in [0.05, 0.1) is 0 Å². The van der Waals surface area contributed by atoms with Crippen molar-refractivity contribution >= 4 is 34.8 Å². The van der Waals surface area contributed by atoms with Crippen molar-refractivity contribution in [2.45, 2.75) is 12.8 Å². The fourth-order valence-electron chi connectivity index (χ4n) is 3.50. The number of hydrogen-bond acceptors (Lipinski definition) is 2. The van der Waals surface area contributed by atoms with Gasteiger partial charge >= 0.3 is 0 Å². The van der Waals surface area contributed by atoms with E-state index in [4.69, 9.17) is 11.6 Å². The summed E-state index contributed by atoms with van der Waals surface area (Å²) in [4.78, 5) is 27.1. The summed E-state index contributed by atoms with van der Waals surface area (Å²) in [7, 11) is 0. The monoisotopic (exact) mass is 426 g/mol. The van der Waals surface area contributed by atoms with Crippen molar-refractivity contribution in [3.8, 4) is 0 Å². The van der Waals surface area contributed by atoms with Gasteiger partial charge in [0.1, 0.15) is 17.3 Å². The Labute approximate surface area is 177 Å². The molecule has 30 heavy (non-hydrogen) atoms. The van der Waals surface area contributed by atoms with Crippen LogP contribution >= 0.6 is 11.6 Å². The normalized spacial score (nSPS) is 13.0. The van der Waals surface area contributed by atoms with Crippen LogP contribution < -0.4 is 10.2 Å². The SMILES string of the molecule is O=C(Nc1c(F)cccc1F)c1ccc2c(c1)CCCN2C(=O)c1ccc(Cl)cc1. The number of carbonyl (C=O) groups is 2. The lowest BCUT2D eigenvalue weighted by atomic mass is 9.98. The maximum atomic E-state index is 13.8. The molecule has 0 atom stereocenters. The lowest BCUT2D eigenvalue weighted by molar-refractivity contribution is 0.0984. The maximum Gasteiger partial charge on any atom is 0.258 e. The molecule has 0 saturated carbocycles. The largest absolute Gasteiger partial charge is 0.317 e.